The minimum Gasteiger partial charge on any atom is -0.507 e. The molecule has 33 heavy (non-hydrogen) atoms. The minimum absolute atomic E-state index is 0.218. The second-order valence-electron chi connectivity index (χ2n) is 11.8. The fourth-order valence-corrected chi connectivity index (χ4v) is 5.22. The van der Waals surface area contributed by atoms with Crippen LogP contribution < -0.4 is 0 Å². The summed E-state index contributed by atoms with van der Waals surface area (Å²) in [5.74, 6) is 0.810. The molecule has 0 aromatic heterocycles. The zero-order chi connectivity index (χ0) is 24.6. The van der Waals surface area contributed by atoms with Crippen LogP contribution in [0.25, 0.3) is 22.3 Å². The second kappa shape index (κ2) is 7.28. The Hall–Kier alpha value is -2.94. The third-order valence-corrected chi connectivity index (χ3v) is 6.94. The molecule has 0 atom stereocenters. The van der Waals surface area contributed by atoms with E-state index in [1.165, 1.54) is 0 Å². The summed E-state index contributed by atoms with van der Waals surface area (Å²) in [6, 6.07) is 8.08. The Balaban J connectivity index is 2.07. The van der Waals surface area contributed by atoms with Gasteiger partial charge in [-0.1, -0.05) is 53.7 Å². The van der Waals surface area contributed by atoms with Crippen molar-refractivity contribution >= 4 is 0 Å². The van der Waals surface area contributed by atoms with Crippen LogP contribution in [0.15, 0.2) is 24.3 Å². The minimum atomic E-state index is -0.218. The maximum Gasteiger partial charge on any atom is 0.127 e. The van der Waals surface area contributed by atoms with Crippen LogP contribution in [0.2, 0.25) is 0 Å². The van der Waals surface area contributed by atoms with Crippen LogP contribution in [0, 0.1) is 20.8 Å². The van der Waals surface area contributed by atoms with Gasteiger partial charge in [-0.05, 0) is 71.6 Å². The Morgan fingerprint density at radius 1 is 0.576 bits per heavy atom. The van der Waals surface area contributed by atoms with Crippen molar-refractivity contribution in [1.29, 1.82) is 0 Å². The molecule has 3 aromatic rings. The smallest absolute Gasteiger partial charge is 0.127 e. The predicted octanol–water partition coefficient (Wildman–Crippen LogP) is 7.56. The lowest BCUT2D eigenvalue weighted by atomic mass is 9.72. The highest BCUT2D eigenvalue weighted by Gasteiger charge is 2.35. The van der Waals surface area contributed by atoms with E-state index in [9.17, 15) is 15.3 Å². The number of phenolic OH excluding ortho intramolecular Hbond substituents is 3. The van der Waals surface area contributed by atoms with Crippen LogP contribution in [0.4, 0.5) is 0 Å². The number of aromatic hydroxyl groups is 3. The Bertz CT molecular complexity index is 1200. The molecule has 5 rings (SSSR count). The molecule has 0 fully saturated rings. The zero-order valence-electron chi connectivity index (χ0n) is 21.4. The van der Waals surface area contributed by atoms with Gasteiger partial charge in [0, 0.05) is 39.8 Å². The third-order valence-electron chi connectivity index (χ3n) is 6.94. The average molecular weight is 445 g/mol. The van der Waals surface area contributed by atoms with E-state index in [1.807, 2.05) is 45.0 Å². The summed E-state index contributed by atoms with van der Waals surface area (Å²) in [6.07, 6.45) is 0.629. The van der Waals surface area contributed by atoms with Crippen molar-refractivity contribution in [1.82, 2.24) is 0 Å². The maximum absolute atomic E-state index is 11.3. The van der Waals surface area contributed by atoms with Crippen molar-refractivity contribution in [2.45, 2.75) is 79.6 Å². The van der Waals surface area contributed by atoms with Crippen LogP contribution in [0.5, 0.6) is 17.2 Å². The van der Waals surface area contributed by atoms with Crippen LogP contribution in [0.1, 0.15) is 80.5 Å². The molecule has 3 nitrogen and oxygen atoms in total. The van der Waals surface area contributed by atoms with E-state index in [4.69, 9.17) is 0 Å². The van der Waals surface area contributed by atoms with Crippen molar-refractivity contribution in [2.75, 3.05) is 0 Å². The molecule has 2 bridgehead atoms. The predicted molar refractivity (Wildman–Crippen MR) is 137 cm³/mol. The van der Waals surface area contributed by atoms with Gasteiger partial charge >= 0.3 is 0 Å². The van der Waals surface area contributed by atoms with Gasteiger partial charge in [0.05, 0.1) is 0 Å². The number of rotatable bonds is 2. The molecular formula is C30H36O3. The van der Waals surface area contributed by atoms with Crippen molar-refractivity contribution in [2.24, 2.45) is 0 Å². The monoisotopic (exact) mass is 444 g/mol. The van der Waals surface area contributed by atoms with Gasteiger partial charge in [-0.25, -0.2) is 0 Å². The molecule has 3 N–H and O–H groups in total. The summed E-state index contributed by atoms with van der Waals surface area (Å²) in [6.45, 7) is 18.7. The largest absolute Gasteiger partial charge is 0.507 e. The summed E-state index contributed by atoms with van der Waals surface area (Å²) >= 11 is 0. The molecule has 174 valence electrons. The second-order valence-corrected chi connectivity index (χ2v) is 11.8. The molecule has 0 saturated heterocycles. The zero-order valence-corrected chi connectivity index (χ0v) is 21.4. The van der Waals surface area contributed by atoms with Crippen molar-refractivity contribution < 1.29 is 15.3 Å². The van der Waals surface area contributed by atoms with E-state index < -0.39 is 0 Å². The first-order chi connectivity index (χ1) is 15.1. The lowest BCUT2D eigenvalue weighted by Gasteiger charge is -2.32. The molecule has 2 aliphatic carbocycles. The van der Waals surface area contributed by atoms with E-state index in [0.717, 1.165) is 61.2 Å². The first kappa shape index (κ1) is 23.2. The van der Waals surface area contributed by atoms with Crippen molar-refractivity contribution in [3.8, 4) is 39.5 Å². The molecule has 0 heterocycles. The molecule has 0 radical (unpaired) electrons. The van der Waals surface area contributed by atoms with Gasteiger partial charge in [-0.2, -0.15) is 0 Å². The van der Waals surface area contributed by atoms with Crippen molar-refractivity contribution in [3.63, 3.8) is 0 Å². The highest BCUT2D eigenvalue weighted by molar-refractivity contribution is 5.94. The summed E-state index contributed by atoms with van der Waals surface area (Å²) < 4.78 is 0. The standard InChI is InChI=1S/C30H36O3/c1-15-10-18(27(32)22(12-15)29(4,5)6)24-17(3)25(21-14-20(24)26(21)31)19-11-16(2)13-23(28(19)33)30(7,8)9/h10-13,31-33H,14H2,1-9H3. The number of fused-ring (bicyclic) bond motifs is 2. The van der Waals surface area contributed by atoms with E-state index in [0.29, 0.717) is 6.42 Å². The topological polar surface area (TPSA) is 60.7 Å². The van der Waals surface area contributed by atoms with E-state index in [2.05, 4.69) is 41.5 Å². The van der Waals surface area contributed by atoms with E-state index >= 15 is 0 Å². The number of aryl methyl sites for hydroxylation is 2. The SMILES string of the molecule is Cc1cc(-c2c(C)c(-c3cc(C)cc(C(C)(C)C)c3O)c3c(O)c2C3)c(O)c(C(C)(C)C)c1. The van der Waals surface area contributed by atoms with Gasteiger partial charge in [0.1, 0.15) is 17.2 Å². The number of benzene rings is 3. The molecule has 2 aliphatic rings. The average Bonchev–Trinajstić information content (AvgIpc) is 2.68. The van der Waals surface area contributed by atoms with Gasteiger partial charge in [0.25, 0.3) is 0 Å². The van der Waals surface area contributed by atoms with Crippen LogP contribution in [0.3, 0.4) is 0 Å². The van der Waals surface area contributed by atoms with Crippen LogP contribution in [-0.4, -0.2) is 15.3 Å². The number of phenols is 3. The summed E-state index contributed by atoms with van der Waals surface area (Å²) in [7, 11) is 0. The van der Waals surface area contributed by atoms with Gasteiger partial charge in [-0.3, -0.25) is 0 Å². The molecular weight excluding hydrogens is 408 g/mol. The quantitative estimate of drug-likeness (QED) is 0.299. The lowest BCUT2D eigenvalue weighted by Crippen LogP contribution is -2.15. The molecule has 0 unspecified atom stereocenters. The van der Waals surface area contributed by atoms with Crippen LogP contribution in [-0.2, 0) is 17.3 Å². The maximum atomic E-state index is 11.3. The number of hydrogen-bond acceptors (Lipinski definition) is 3. The van der Waals surface area contributed by atoms with Gasteiger partial charge in [0.2, 0.25) is 0 Å². The Labute approximate surface area is 197 Å². The van der Waals surface area contributed by atoms with E-state index in [-0.39, 0.29) is 28.1 Å². The molecule has 0 spiro atoms. The summed E-state index contributed by atoms with van der Waals surface area (Å²) in [5, 5.41) is 33.7. The van der Waals surface area contributed by atoms with Crippen molar-refractivity contribution in [3.05, 3.63) is 63.2 Å². The Morgan fingerprint density at radius 2 is 0.939 bits per heavy atom. The summed E-state index contributed by atoms with van der Waals surface area (Å²) in [4.78, 5) is 0. The molecule has 0 saturated carbocycles. The number of hydrogen-bond donors (Lipinski definition) is 3. The van der Waals surface area contributed by atoms with E-state index in [1.54, 1.807) is 0 Å². The Morgan fingerprint density at radius 3 is 1.24 bits per heavy atom. The molecule has 3 heteroatoms. The molecule has 0 amide bonds. The highest BCUT2D eigenvalue weighted by atomic mass is 16.3. The van der Waals surface area contributed by atoms with Gasteiger partial charge in [-0.15, -0.1) is 0 Å². The lowest BCUT2D eigenvalue weighted by molar-refractivity contribution is 0.444. The van der Waals surface area contributed by atoms with Crippen LogP contribution >= 0.6 is 0 Å². The molecule has 3 aromatic carbocycles. The first-order valence-electron chi connectivity index (χ1n) is 11.7. The fraction of sp³-hybridized carbons (Fsp3) is 0.400. The normalized spacial score (nSPS) is 13.2. The summed E-state index contributed by atoms with van der Waals surface area (Å²) in [5.41, 5.74) is 9.45. The fourth-order valence-electron chi connectivity index (χ4n) is 5.22. The molecule has 0 aliphatic heterocycles. The first-order valence-corrected chi connectivity index (χ1v) is 11.7. The highest BCUT2D eigenvalue weighted by Crippen LogP contribution is 2.55. The third kappa shape index (κ3) is 3.58. The van der Waals surface area contributed by atoms with Gasteiger partial charge < -0.3 is 15.3 Å². The Kier molecular flexibility index (Phi) is 5.12. The van der Waals surface area contributed by atoms with Gasteiger partial charge in [0.15, 0.2) is 0 Å².